The fraction of sp³-hybridized carbons (Fsp3) is 0.111. The molecule has 1 aromatic carbocycles. The Labute approximate surface area is 88.4 Å². The van der Waals surface area contributed by atoms with Gasteiger partial charge in [-0.3, -0.25) is 5.43 Å². The van der Waals surface area contributed by atoms with Crippen molar-refractivity contribution in [3.63, 3.8) is 0 Å². The fourth-order valence-electron chi connectivity index (χ4n) is 0.896. The van der Waals surface area contributed by atoms with Crippen LogP contribution in [0.4, 0.5) is 18.9 Å². The lowest BCUT2D eigenvalue weighted by atomic mass is 10.2. The number of anilines is 1. The van der Waals surface area contributed by atoms with Gasteiger partial charge in [0.1, 0.15) is 6.21 Å². The van der Waals surface area contributed by atoms with Gasteiger partial charge < -0.3 is 5.11 Å². The van der Waals surface area contributed by atoms with Crippen LogP contribution >= 0.6 is 0 Å². The Hall–Kier alpha value is -2.05. The Morgan fingerprint density at radius 2 is 1.88 bits per heavy atom. The Morgan fingerprint density at radius 1 is 1.31 bits per heavy atom. The molecule has 0 aromatic heterocycles. The summed E-state index contributed by atoms with van der Waals surface area (Å²) < 4.78 is 36.4. The third-order valence-corrected chi connectivity index (χ3v) is 1.58. The highest BCUT2D eigenvalue weighted by Crippen LogP contribution is 2.29. The highest BCUT2D eigenvalue weighted by molar-refractivity contribution is 6.22. The van der Waals surface area contributed by atoms with E-state index >= 15 is 0 Å². The molecule has 0 heterocycles. The molecule has 0 fully saturated rings. The van der Waals surface area contributed by atoms with Crippen LogP contribution in [0, 0.1) is 0 Å². The maximum atomic E-state index is 12.1. The third kappa shape index (κ3) is 3.60. The molecule has 0 aliphatic heterocycles. The van der Waals surface area contributed by atoms with Gasteiger partial charge in [0.05, 0.1) is 11.3 Å². The minimum atomic E-state index is -4.39. The molecule has 0 aliphatic carbocycles. The highest BCUT2D eigenvalue weighted by atomic mass is 19.4. The highest BCUT2D eigenvalue weighted by Gasteiger charge is 2.29. The second kappa shape index (κ2) is 4.65. The number of rotatable bonds is 3. The predicted octanol–water partition coefficient (Wildman–Crippen LogP) is 2.19. The maximum Gasteiger partial charge on any atom is 0.416 e. The number of carboxylic acid groups (broad SMARTS) is 1. The van der Waals surface area contributed by atoms with Gasteiger partial charge in [-0.15, -0.1) is 0 Å². The average Bonchev–Trinajstić information content (AvgIpc) is 2.16. The number of alkyl halides is 3. The number of hydrogen-bond acceptors (Lipinski definition) is 3. The van der Waals surface area contributed by atoms with Gasteiger partial charge in [-0.2, -0.15) is 18.3 Å². The van der Waals surface area contributed by atoms with Crippen molar-refractivity contribution in [2.75, 3.05) is 5.43 Å². The van der Waals surface area contributed by atoms with Crippen molar-refractivity contribution >= 4 is 17.9 Å². The number of carbonyl (C=O) groups is 1. The quantitative estimate of drug-likeness (QED) is 0.620. The van der Waals surface area contributed by atoms with Crippen molar-refractivity contribution in [2.45, 2.75) is 6.18 Å². The standard InChI is InChI=1S/C9H7F3N2O2/c10-9(11,12)6-1-3-7(4-2-6)14-13-5-8(15)16/h1-5,14H,(H,15,16)/b13-5-. The second-order valence-corrected chi connectivity index (χ2v) is 2.78. The number of hydrogen-bond donors (Lipinski definition) is 2. The molecule has 0 saturated heterocycles. The molecule has 0 atom stereocenters. The lowest BCUT2D eigenvalue weighted by molar-refractivity contribution is -0.137. The largest absolute Gasteiger partial charge is 0.477 e. The van der Waals surface area contributed by atoms with Crippen molar-refractivity contribution in [3.05, 3.63) is 29.8 Å². The van der Waals surface area contributed by atoms with Crippen LogP contribution in [0.25, 0.3) is 0 Å². The van der Waals surface area contributed by atoms with Crippen LogP contribution in [0.2, 0.25) is 0 Å². The normalized spacial score (nSPS) is 11.7. The molecule has 0 saturated carbocycles. The molecule has 0 unspecified atom stereocenters. The minimum Gasteiger partial charge on any atom is -0.477 e. The number of carboxylic acids is 1. The van der Waals surface area contributed by atoms with Crippen LogP contribution in [0.5, 0.6) is 0 Å². The Morgan fingerprint density at radius 3 is 2.31 bits per heavy atom. The van der Waals surface area contributed by atoms with Crippen LogP contribution in [-0.2, 0) is 11.0 Å². The van der Waals surface area contributed by atoms with Gasteiger partial charge in [0.15, 0.2) is 0 Å². The van der Waals surface area contributed by atoms with E-state index in [1.165, 1.54) is 0 Å². The maximum absolute atomic E-state index is 12.1. The van der Waals surface area contributed by atoms with E-state index in [-0.39, 0.29) is 5.69 Å². The van der Waals surface area contributed by atoms with E-state index in [9.17, 15) is 18.0 Å². The molecular formula is C9H7F3N2O2. The van der Waals surface area contributed by atoms with Gasteiger partial charge in [-0.1, -0.05) is 0 Å². The summed E-state index contributed by atoms with van der Waals surface area (Å²) in [4.78, 5) is 10.0. The smallest absolute Gasteiger partial charge is 0.416 e. The topological polar surface area (TPSA) is 61.7 Å². The van der Waals surface area contributed by atoms with Crippen molar-refractivity contribution in [1.82, 2.24) is 0 Å². The number of nitrogens with zero attached hydrogens (tertiary/aromatic N) is 1. The zero-order valence-electron chi connectivity index (χ0n) is 7.82. The first-order valence-electron chi connectivity index (χ1n) is 4.09. The van der Waals surface area contributed by atoms with E-state index in [1.54, 1.807) is 0 Å². The molecule has 0 spiro atoms. The summed E-state index contributed by atoms with van der Waals surface area (Å²) >= 11 is 0. The Kier molecular flexibility index (Phi) is 3.49. The van der Waals surface area contributed by atoms with Gasteiger partial charge in [0.2, 0.25) is 0 Å². The third-order valence-electron chi connectivity index (χ3n) is 1.58. The van der Waals surface area contributed by atoms with E-state index in [0.717, 1.165) is 24.3 Å². The molecule has 0 radical (unpaired) electrons. The monoisotopic (exact) mass is 232 g/mol. The molecule has 0 aliphatic rings. The molecule has 2 N–H and O–H groups in total. The zero-order valence-corrected chi connectivity index (χ0v) is 7.82. The van der Waals surface area contributed by atoms with Crippen LogP contribution in [0.3, 0.4) is 0 Å². The van der Waals surface area contributed by atoms with Gasteiger partial charge >= 0.3 is 12.1 Å². The number of nitrogens with one attached hydrogen (secondary N) is 1. The number of benzene rings is 1. The van der Waals surface area contributed by atoms with E-state index in [1.807, 2.05) is 0 Å². The molecule has 1 rings (SSSR count). The minimum absolute atomic E-state index is 0.269. The van der Waals surface area contributed by atoms with Gasteiger partial charge in [-0.05, 0) is 24.3 Å². The summed E-state index contributed by atoms with van der Waals surface area (Å²) in [5.74, 6) is -1.25. The van der Waals surface area contributed by atoms with Gasteiger partial charge in [0, 0.05) is 0 Å². The van der Waals surface area contributed by atoms with Crippen LogP contribution in [-0.4, -0.2) is 17.3 Å². The first kappa shape index (κ1) is 12.0. The van der Waals surface area contributed by atoms with Crippen LogP contribution in [0.15, 0.2) is 29.4 Å². The Balaban J connectivity index is 2.69. The van der Waals surface area contributed by atoms with Gasteiger partial charge in [0.25, 0.3) is 0 Å². The van der Waals surface area contributed by atoms with Crippen molar-refractivity contribution in [1.29, 1.82) is 0 Å². The van der Waals surface area contributed by atoms with Crippen molar-refractivity contribution in [2.24, 2.45) is 5.10 Å². The summed E-state index contributed by atoms with van der Waals surface area (Å²) in [6.07, 6.45) is -3.79. The summed E-state index contributed by atoms with van der Waals surface area (Å²) in [6, 6.07) is 4.06. The van der Waals surface area contributed by atoms with Crippen molar-refractivity contribution in [3.8, 4) is 0 Å². The fourth-order valence-corrected chi connectivity index (χ4v) is 0.896. The van der Waals surface area contributed by atoms with E-state index in [2.05, 4.69) is 10.5 Å². The van der Waals surface area contributed by atoms with E-state index in [0.29, 0.717) is 6.21 Å². The Bertz CT molecular complexity index is 398. The van der Waals surface area contributed by atoms with E-state index in [4.69, 9.17) is 5.11 Å². The lowest BCUT2D eigenvalue weighted by Gasteiger charge is -2.06. The lowest BCUT2D eigenvalue weighted by Crippen LogP contribution is -2.04. The number of aliphatic carboxylic acids is 1. The molecular weight excluding hydrogens is 225 g/mol. The molecule has 86 valence electrons. The molecule has 16 heavy (non-hydrogen) atoms. The summed E-state index contributed by atoms with van der Waals surface area (Å²) in [6.45, 7) is 0. The van der Waals surface area contributed by atoms with E-state index < -0.39 is 17.7 Å². The molecule has 1 aromatic rings. The predicted molar refractivity (Wildman–Crippen MR) is 51.2 cm³/mol. The molecule has 0 amide bonds. The molecule has 7 heteroatoms. The first-order valence-corrected chi connectivity index (χ1v) is 4.09. The number of hydrazone groups is 1. The van der Waals surface area contributed by atoms with Crippen molar-refractivity contribution < 1.29 is 23.1 Å². The van der Waals surface area contributed by atoms with Gasteiger partial charge in [-0.25, -0.2) is 4.79 Å². The SMILES string of the molecule is O=C(O)/C=N\Nc1ccc(C(F)(F)F)cc1. The van der Waals surface area contributed by atoms with Crippen LogP contribution in [0.1, 0.15) is 5.56 Å². The summed E-state index contributed by atoms with van der Waals surface area (Å²) in [7, 11) is 0. The summed E-state index contributed by atoms with van der Waals surface area (Å²) in [5.41, 5.74) is 1.77. The zero-order chi connectivity index (χ0) is 12.2. The molecule has 4 nitrogen and oxygen atoms in total. The number of halogens is 3. The van der Waals surface area contributed by atoms with Crippen LogP contribution < -0.4 is 5.43 Å². The summed E-state index contributed by atoms with van der Waals surface area (Å²) in [5, 5.41) is 11.5. The first-order chi connectivity index (χ1) is 7.39. The molecule has 0 bridgehead atoms. The average molecular weight is 232 g/mol. The second-order valence-electron chi connectivity index (χ2n) is 2.78.